The fourth-order valence-electron chi connectivity index (χ4n) is 0.793. The molecule has 0 atom stereocenters. The third kappa shape index (κ3) is 9.92. The van der Waals surface area contributed by atoms with Crippen LogP contribution in [0.15, 0.2) is 0 Å². The average Bonchev–Trinajstić information content (AvgIpc) is 2.09. The summed E-state index contributed by atoms with van der Waals surface area (Å²) in [6, 6.07) is 0. The summed E-state index contributed by atoms with van der Waals surface area (Å²) in [7, 11) is 3.74. The molecule has 0 aromatic carbocycles. The molecule has 0 aliphatic heterocycles. The number of rotatable bonds is 5. The topological polar surface area (TPSA) is 21.3 Å². The average molecular weight is 175 g/mol. The van der Waals surface area contributed by atoms with Crippen LogP contribution in [0.25, 0.3) is 0 Å². The Morgan fingerprint density at radius 2 is 1.75 bits per heavy atom. The lowest BCUT2D eigenvalue weighted by molar-refractivity contribution is 0.0141. The van der Waals surface area contributed by atoms with Crippen LogP contribution in [0.1, 0.15) is 40.5 Å². The van der Waals surface area contributed by atoms with Gasteiger partial charge in [-0.2, -0.15) is 0 Å². The van der Waals surface area contributed by atoms with Crippen molar-refractivity contribution in [2.24, 2.45) is 0 Å². The van der Waals surface area contributed by atoms with Crippen molar-refractivity contribution in [3.63, 3.8) is 0 Å². The van der Waals surface area contributed by atoms with E-state index < -0.39 is 0 Å². The van der Waals surface area contributed by atoms with Gasteiger partial charge in [-0.3, -0.25) is 0 Å². The molecule has 0 aromatic rings. The fourth-order valence-corrected chi connectivity index (χ4v) is 0.793. The first-order valence-electron chi connectivity index (χ1n) is 4.82. The summed E-state index contributed by atoms with van der Waals surface area (Å²) in [5.74, 6) is 0. The molecule has 0 heterocycles. The minimum Gasteiger partial charge on any atom is -0.379 e. The number of nitrogens with one attached hydrogen (secondary N) is 1. The first-order chi connectivity index (χ1) is 5.62. The highest BCUT2D eigenvalue weighted by Crippen LogP contribution is 2.14. The Morgan fingerprint density at radius 3 is 2.08 bits per heavy atom. The van der Waals surface area contributed by atoms with Gasteiger partial charge in [0.25, 0.3) is 0 Å². The molecule has 0 saturated heterocycles. The molecule has 0 spiro atoms. The molecule has 0 amide bonds. The Labute approximate surface area is 77.7 Å². The minimum absolute atomic E-state index is 0.0524. The molecule has 2 heteroatoms. The van der Waals surface area contributed by atoms with Crippen molar-refractivity contribution in [1.29, 1.82) is 0 Å². The largest absolute Gasteiger partial charge is 0.379 e. The molecule has 0 aliphatic carbocycles. The molecule has 0 aliphatic rings. The molecule has 0 saturated carbocycles. The maximum absolute atomic E-state index is 5.26. The van der Waals surface area contributed by atoms with Crippen molar-refractivity contribution >= 4 is 0 Å². The number of ether oxygens (including phenoxy) is 1. The molecule has 1 N–H and O–H groups in total. The second-order valence-electron chi connectivity index (χ2n) is 3.17. The van der Waals surface area contributed by atoms with Gasteiger partial charge < -0.3 is 10.1 Å². The Morgan fingerprint density at radius 1 is 1.25 bits per heavy atom. The van der Waals surface area contributed by atoms with Gasteiger partial charge in [-0.15, -0.1) is 0 Å². The zero-order valence-corrected chi connectivity index (χ0v) is 9.53. The molecule has 2 nitrogen and oxygen atoms in total. The van der Waals surface area contributed by atoms with E-state index in [9.17, 15) is 0 Å². The Kier molecular flexibility index (Phi) is 10.8. The highest BCUT2D eigenvalue weighted by molar-refractivity contribution is 4.67. The van der Waals surface area contributed by atoms with Gasteiger partial charge in [0, 0.05) is 7.11 Å². The second-order valence-corrected chi connectivity index (χ2v) is 3.17. The molecule has 12 heavy (non-hydrogen) atoms. The first kappa shape index (κ1) is 14.4. The second kappa shape index (κ2) is 9.01. The van der Waals surface area contributed by atoms with Crippen molar-refractivity contribution < 1.29 is 4.74 Å². The molecule has 0 rings (SSSR count). The summed E-state index contributed by atoms with van der Waals surface area (Å²) in [5, 5.41) is 3.11. The molecule has 0 unspecified atom stereocenters. The SMILES string of the molecule is CC.CNCCCC(C)(C)OC. The van der Waals surface area contributed by atoms with Gasteiger partial charge in [0.2, 0.25) is 0 Å². The lowest BCUT2D eigenvalue weighted by atomic mass is 10.0. The number of methoxy groups -OCH3 is 1. The van der Waals surface area contributed by atoms with Gasteiger partial charge in [-0.1, -0.05) is 13.8 Å². The predicted molar refractivity (Wildman–Crippen MR) is 55.6 cm³/mol. The first-order valence-corrected chi connectivity index (χ1v) is 4.82. The number of hydrogen-bond acceptors (Lipinski definition) is 2. The van der Waals surface area contributed by atoms with E-state index in [0.29, 0.717) is 0 Å². The van der Waals surface area contributed by atoms with Crippen LogP contribution in [0.2, 0.25) is 0 Å². The Bertz CT molecular complexity index is 81.9. The van der Waals surface area contributed by atoms with Crippen LogP contribution in [0.5, 0.6) is 0 Å². The molecular formula is C10H25NO. The van der Waals surface area contributed by atoms with Gasteiger partial charge in [0.15, 0.2) is 0 Å². The van der Waals surface area contributed by atoms with E-state index >= 15 is 0 Å². The lowest BCUT2D eigenvalue weighted by Gasteiger charge is -2.22. The molecule has 0 fully saturated rings. The molecule has 0 radical (unpaired) electrons. The number of hydrogen-bond donors (Lipinski definition) is 1. The minimum atomic E-state index is 0.0524. The fraction of sp³-hybridized carbons (Fsp3) is 1.00. The lowest BCUT2D eigenvalue weighted by Crippen LogP contribution is -2.23. The van der Waals surface area contributed by atoms with E-state index in [1.807, 2.05) is 20.9 Å². The van der Waals surface area contributed by atoms with Crippen molar-refractivity contribution in [2.45, 2.75) is 46.1 Å². The van der Waals surface area contributed by atoms with Crippen LogP contribution >= 0.6 is 0 Å². The monoisotopic (exact) mass is 175 g/mol. The normalized spacial score (nSPS) is 10.5. The zero-order valence-electron chi connectivity index (χ0n) is 9.53. The highest BCUT2D eigenvalue weighted by atomic mass is 16.5. The van der Waals surface area contributed by atoms with E-state index in [2.05, 4.69) is 19.2 Å². The van der Waals surface area contributed by atoms with Gasteiger partial charge in [-0.25, -0.2) is 0 Å². The van der Waals surface area contributed by atoms with E-state index in [1.54, 1.807) is 7.11 Å². The van der Waals surface area contributed by atoms with Crippen molar-refractivity contribution in [1.82, 2.24) is 5.32 Å². The van der Waals surface area contributed by atoms with Crippen LogP contribution in [0, 0.1) is 0 Å². The molecule has 0 bridgehead atoms. The van der Waals surface area contributed by atoms with Gasteiger partial charge >= 0.3 is 0 Å². The molecular weight excluding hydrogens is 150 g/mol. The van der Waals surface area contributed by atoms with E-state index in [4.69, 9.17) is 4.74 Å². The predicted octanol–water partition coefficient (Wildman–Crippen LogP) is 2.44. The van der Waals surface area contributed by atoms with Crippen LogP contribution in [-0.4, -0.2) is 26.3 Å². The van der Waals surface area contributed by atoms with Gasteiger partial charge in [-0.05, 0) is 40.3 Å². The van der Waals surface area contributed by atoms with Crippen molar-refractivity contribution in [3.8, 4) is 0 Å². The summed E-state index contributed by atoms with van der Waals surface area (Å²) < 4.78 is 5.26. The third-order valence-corrected chi connectivity index (χ3v) is 1.76. The third-order valence-electron chi connectivity index (χ3n) is 1.76. The van der Waals surface area contributed by atoms with E-state index in [1.165, 1.54) is 6.42 Å². The van der Waals surface area contributed by atoms with Gasteiger partial charge in [0.05, 0.1) is 5.60 Å². The quantitative estimate of drug-likeness (QED) is 0.648. The molecule has 0 aromatic heterocycles. The zero-order chi connectivity index (χ0) is 10.0. The summed E-state index contributed by atoms with van der Waals surface area (Å²) in [6.07, 6.45) is 2.29. The summed E-state index contributed by atoms with van der Waals surface area (Å²) in [4.78, 5) is 0. The molecule has 76 valence electrons. The van der Waals surface area contributed by atoms with Crippen LogP contribution < -0.4 is 5.32 Å². The Hall–Kier alpha value is -0.0800. The van der Waals surface area contributed by atoms with E-state index in [-0.39, 0.29) is 5.60 Å². The van der Waals surface area contributed by atoms with E-state index in [0.717, 1.165) is 13.0 Å². The Balaban J connectivity index is 0. The summed E-state index contributed by atoms with van der Waals surface area (Å²) in [5.41, 5.74) is 0.0524. The standard InChI is InChI=1S/C8H19NO.C2H6/c1-8(2,10-4)6-5-7-9-3;1-2/h9H,5-7H2,1-4H3;1-2H3. The summed E-state index contributed by atoms with van der Waals surface area (Å²) >= 11 is 0. The summed E-state index contributed by atoms with van der Waals surface area (Å²) in [6.45, 7) is 9.30. The van der Waals surface area contributed by atoms with Crippen molar-refractivity contribution in [3.05, 3.63) is 0 Å². The van der Waals surface area contributed by atoms with Crippen LogP contribution in [-0.2, 0) is 4.74 Å². The smallest absolute Gasteiger partial charge is 0.0623 e. The maximum Gasteiger partial charge on any atom is 0.0623 e. The maximum atomic E-state index is 5.26. The van der Waals surface area contributed by atoms with Gasteiger partial charge in [0.1, 0.15) is 0 Å². The van der Waals surface area contributed by atoms with Crippen molar-refractivity contribution in [2.75, 3.05) is 20.7 Å². The van der Waals surface area contributed by atoms with Crippen LogP contribution in [0.3, 0.4) is 0 Å². The van der Waals surface area contributed by atoms with Crippen LogP contribution in [0.4, 0.5) is 0 Å². The highest BCUT2D eigenvalue weighted by Gasteiger charge is 2.14.